The van der Waals surface area contributed by atoms with Crippen molar-refractivity contribution in [3.05, 3.63) is 30.1 Å². The molecule has 2 nitrogen and oxygen atoms in total. The number of aromatic nitrogens is 1. The van der Waals surface area contributed by atoms with Crippen molar-refractivity contribution in [1.29, 1.82) is 0 Å². The van der Waals surface area contributed by atoms with E-state index in [1.165, 1.54) is 25.2 Å². The van der Waals surface area contributed by atoms with Gasteiger partial charge in [-0.25, -0.2) is 0 Å². The Morgan fingerprint density at radius 2 is 1.83 bits per heavy atom. The van der Waals surface area contributed by atoms with Gasteiger partial charge < -0.3 is 0 Å². The SMILES string of the molecule is CC.CC.CCC1CN(C(C)c2ccccn2)C1. The largest absolute Gasteiger partial charge is 0.294 e. The zero-order valence-corrected chi connectivity index (χ0v) is 13.0. The summed E-state index contributed by atoms with van der Waals surface area (Å²) in [4.78, 5) is 6.89. The van der Waals surface area contributed by atoms with E-state index in [2.05, 4.69) is 35.9 Å². The monoisotopic (exact) mass is 250 g/mol. The summed E-state index contributed by atoms with van der Waals surface area (Å²) in [5.41, 5.74) is 1.20. The predicted octanol–water partition coefficient (Wildman–Crippen LogP) is 4.54. The Kier molecular flexibility index (Phi) is 9.57. The molecule has 0 spiro atoms. The fraction of sp³-hybridized carbons (Fsp3) is 0.688. The molecule has 2 heteroatoms. The van der Waals surface area contributed by atoms with Crippen LogP contribution in [0.25, 0.3) is 0 Å². The Bertz CT molecular complexity index is 278. The van der Waals surface area contributed by atoms with Gasteiger partial charge in [-0.1, -0.05) is 47.1 Å². The minimum atomic E-state index is 0.485. The first kappa shape index (κ1) is 17.1. The minimum absolute atomic E-state index is 0.485. The molecule has 1 aliphatic rings. The van der Waals surface area contributed by atoms with Gasteiger partial charge in [-0.05, 0) is 25.0 Å². The summed E-state index contributed by atoms with van der Waals surface area (Å²) in [6.07, 6.45) is 3.19. The molecule has 18 heavy (non-hydrogen) atoms. The van der Waals surface area contributed by atoms with Gasteiger partial charge in [0.15, 0.2) is 0 Å². The summed E-state index contributed by atoms with van der Waals surface area (Å²) in [5.74, 6) is 0.918. The first-order chi connectivity index (χ1) is 8.81. The van der Waals surface area contributed by atoms with Gasteiger partial charge in [0.2, 0.25) is 0 Å². The molecule has 2 heterocycles. The van der Waals surface area contributed by atoms with Crippen LogP contribution >= 0.6 is 0 Å². The molecule has 1 atom stereocenters. The molecule has 1 aliphatic heterocycles. The second kappa shape index (κ2) is 10.1. The number of hydrogen-bond acceptors (Lipinski definition) is 2. The molecule has 0 aromatic carbocycles. The molecule has 0 radical (unpaired) electrons. The third-order valence-corrected chi connectivity index (χ3v) is 3.23. The van der Waals surface area contributed by atoms with Crippen molar-refractivity contribution in [2.45, 2.75) is 54.0 Å². The fourth-order valence-electron chi connectivity index (χ4n) is 1.99. The van der Waals surface area contributed by atoms with Crippen LogP contribution in [0, 0.1) is 5.92 Å². The van der Waals surface area contributed by atoms with Crippen molar-refractivity contribution >= 4 is 0 Å². The van der Waals surface area contributed by atoms with Crippen molar-refractivity contribution in [1.82, 2.24) is 9.88 Å². The lowest BCUT2D eigenvalue weighted by Gasteiger charge is -2.42. The van der Waals surface area contributed by atoms with E-state index in [1.807, 2.05) is 40.0 Å². The summed E-state index contributed by atoms with van der Waals surface area (Å²) in [5, 5.41) is 0. The van der Waals surface area contributed by atoms with E-state index in [4.69, 9.17) is 0 Å². The average Bonchev–Trinajstić information content (AvgIpc) is 2.43. The van der Waals surface area contributed by atoms with Crippen LogP contribution in [0.4, 0.5) is 0 Å². The highest BCUT2D eigenvalue weighted by Crippen LogP contribution is 2.28. The Labute approximate surface area is 113 Å². The third kappa shape index (κ3) is 4.77. The zero-order valence-electron chi connectivity index (χ0n) is 13.0. The lowest BCUT2D eigenvalue weighted by molar-refractivity contribution is 0.0560. The molecule has 0 N–H and O–H groups in total. The summed E-state index contributed by atoms with van der Waals surface area (Å²) in [6, 6.07) is 6.64. The van der Waals surface area contributed by atoms with Gasteiger partial charge >= 0.3 is 0 Å². The molecule has 104 valence electrons. The van der Waals surface area contributed by atoms with E-state index < -0.39 is 0 Å². The summed E-state index contributed by atoms with van der Waals surface area (Å²) < 4.78 is 0. The minimum Gasteiger partial charge on any atom is -0.294 e. The van der Waals surface area contributed by atoms with E-state index >= 15 is 0 Å². The lowest BCUT2D eigenvalue weighted by Crippen LogP contribution is -2.47. The van der Waals surface area contributed by atoms with Gasteiger partial charge in [0.25, 0.3) is 0 Å². The van der Waals surface area contributed by atoms with Crippen molar-refractivity contribution < 1.29 is 0 Å². The van der Waals surface area contributed by atoms with E-state index in [-0.39, 0.29) is 0 Å². The molecule has 0 amide bonds. The number of pyridine rings is 1. The van der Waals surface area contributed by atoms with Crippen LogP contribution in [0.1, 0.15) is 59.7 Å². The van der Waals surface area contributed by atoms with Gasteiger partial charge in [-0.3, -0.25) is 9.88 Å². The highest BCUT2D eigenvalue weighted by atomic mass is 15.2. The van der Waals surface area contributed by atoms with Crippen LogP contribution in [-0.2, 0) is 0 Å². The van der Waals surface area contributed by atoms with Gasteiger partial charge in [-0.2, -0.15) is 0 Å². The van der Waals surface area contributed by atoms with Crippen molar-refractivity contribution in [3.63, 3.8) is 0 Å². The summed E-state index contributed by atoms with van der Waals surface area (Å²) >= 11 is 0. The quantitative estimate of drug-likeness (QED) is 0.783. The third-order valence-electron chi connectivity index (χ3n) is 3.23. The van der Waals surface area contributed by atoms with Gasteiger partial charge in [0.1, 0.15) is 0 Å². The maximum Gasteiger partial charge on any atom is 0.0572 e. The maximum absolute atomic E-state index is 4.39. The van der Waals surface area contributed by atoms with E-state index in [1.54, 1.807) is 0 Å². The highest BCUT2D eigenvalue weighted by molar-refractivity contribution is 5.09. The maximum atomic E-state index is 4.39. The van der Waals surface area contributed by atoms with Crippen LogP contribution in [0.2, 0.25) is 0 Å². The average molecular weight is 250 g/mol. The summed E-state index contributed by atoms with van der Waals surface area (Å²) in [7, 11) is 0. The van der Waals surface area contributed by atoms with E-state index in [0.717, 1.165) is 5.92 Å². The molecule has 0 bridgehead atoms. The molecular weight excluding hydrogens is 220 g/mol. The zero-order chi connectivity index (χ0) is 14.0. The standard InChI is InChI=1S/C12H18N2.2C2H6/c1-3-11-8-14(9-11)10(2)12-6-4-5-7-13-12;2*1-2/h4-7,10-11H,3,8-9H2,1-2H3;2*1-2H3. The molecule has 2 rings (SSSR count). The molecule has 1 saturated heterocycles. The Balaban J connectivity index is 0.000000659. The second-order valence-corrected chi connectivity index (χ2v) is 4.16. The molecular formula is C16H30N2. The smallest absolute Gasteiger partial charge is 0.0572 e. The van der Waals surface area contributed by atoms with Crippen LogP contribution in [-0.4, -0.2) is 23.0 Å². The predicted molar refractivity (Wildman–Crippen MR) is 80.7 cm³/mol. The number of rotatable bonds is 3. The van der Waals surface area contributed by atoms with Gasteiger partial charge in [0, 0.05) is 25.3 Å². The molecule has 1 fully saturated rings. The van der Waals surface area contributed by atoms with Crippen LogP contribution < -0.4 is 0 Å². The van der Waals surface area contributed by atoms with Gasteiger partial charge in [0.05, 0.1) is 5.69 Å². The molecule has 1 aromatic rings. The van der Waals surface area contributed by atoms with E-state index in [9.17, 15) is 0 Å². The molecule has 1 aromatic heterocycles. The second-order valence-electron chi connectivity index (χ2n) is 4.16. The fourth-order valence-corrected chi connectivity index (χ4v) is 1.99. The number of nitrogens with zero attached hydrogens (tertiary/aromatic N) is 2. The highest BCUT2D eigenvalue weighted by Gasteiger charge is 2.29. The van der Waals surface area contributed by atoms with Crippen LogP contribution in [0.5, 0.6) is 0 Å². The number of hydrogen-bond donors (Lipinski definition) is 0. The van der Waals surface area contributed by atoms with Crippen molar-refractivity contribution in [2.75, 3.05) is 13.1 Å². The normalized spacial score (nSPS) is 16.6. The van der Waals surface area contributed by atoms with Crippen molar-refractivity contribution in [3.8, 4) is 0 Å². The van der Waals surface area contributed by atoms with E-state index in [0.29, 0.717) is 6.04 Å². The molecule has 0 saturated carbocycles. The first-order valence-corrected chi connectivity index (χ1v) is 7.46. The van der Waals surface area contributed by atoms with Gasteiger partial charge in [-0.15, -0.1) is 0 Å². The topological polar surface area (TPSA) is 16.1 Å². The Hall–Kier alpha value is -0.890. The Morgan fingerprint density at radius 1 is 1.22 bits per heavy atom. The summed E-state index contributed by atoms with van der Waals surface area (Å²) in [6.45, 7) is 15.0. The van der Waals surface area contributed by atoms with Crippen molar-refractivity contribution in [2.24, 2.45) is 5.92 Å². The lowest BCUT2D eigenvalue weighted by atomic mass is 9.94. The van der Waals surface area contributed by atoms with Crippen LogP contribution in [0.15, 0.2) is 24.4 Å². The molecule has 1 unspecified atom stereocenters. The number of likely N-dealkylation sites (tertiary alicyclic amines) is 1. The molecule has 0 aliphatic carbocycles. The van der Waals surface area contributed by atoms with Crippen LogP contribution in [0.3, 0.4) is 0 Å². The first-order valence-electron chi connectivity index (χ1n) is 7.46. The Morgan fingerprint density at radius 3 is 2.28 bits per heavy atom.